The summed E-state index contributed by atoms with van der Waals surface area (Å²) in [6, 6.07) is 44.0. The SMILES string of the molecule is Cn1c(=O)n(C)c2cc(-c3ccc(-c4nc(-c5ccccc5)nc(-c5ccc6c(c5)-c5cccc7cccc-6c57)n4)cc3)ccc21. The van der Waals surface area contributed by atoms with Crippen molar-refractivity contribution in [2.75, 3.05) is 0 Å². The summed E-state index contributed by atoms with van der Waals surface area (Å²) < 4.78 is 3.35. The Morgan fingerprint density at radius 2 is 1.00 bits per heavy atom. The number of fused-ring (bicyclic) bond motifs is 4. The van der Waals surface area contributed by atoms with E-state index in [1.54, 1.807) is 23.2 Å². The van der Waals surface area contributed by atoms with Gasteiger partial charge in [-0.05, 0) is 62.4 Å². The maximum absolute atomic E-state index is 12.5. The molecule has 1 aliphatic rings. The molecule has 6 aromatic carbocycles. The van der Waals surface area contributed by atoms with Crippen molar-refractivity contribution in [2.45, 2.75) is 0 Å². The molecule has 6 nitrogen and oxygen atoms in total. The highest BCUT2D eigenvalue weighted by Crippen LogP contribution is 2.48. The van der Waals surface area contributed by atoms with Crippen molar-refractivity contribution < 1.29 is 0 Å². The van der Waals surface area contributed by atoms with Crippen molar-refractivity contribution in [2.24, 2.45) is 14.1 Å². The molecule has 218 valence electrons. The van der Waals surface area contributed by atoms with Gasteiger partial charge < -0.3 is 0 Å². The summed E-state index contributed by atoms with van der Waals surface area (Å²) in [6.07, 6.45) is 0. The summed E-state index contributed by atoms with van der Waals surface area (Å²) in [6.45, 7) is 0. The van der Waals surface area contributed by atoms with E-state index in [4.69, 9.17) is 15.0 Å². The van der Waals surface area contributed by atoms with Crippen LogP contribution in [0.1, 0.15) is 0 Å². The number of nitrogens with zero attached hydrogens (tertiary/aromatic N) is 5. The van der Waals surface area contributed by atoms with Gasteiger partial charge in [0.25, 0.3) is 0 Å². The summed E-state index contributed by atoms with van der Waals surface area (Å²) >= 11 is 0. The molecular formula is C40H27N5O. The summed E-state index contributed by atoms with van der Waals surface area (Å²) in [5, 5.41) is 2.55. The molecule has 0 saturated carbocycles. The molecule has 0 fully saturated rings. The average Bonchev–Trinajstić information content (AvgIpc) is 3.55. The van der Waals surface area contributed by atoms with E-state index in [1.807, 2.05) is 36.4 Å². The molecule has 2 heterocycles. The van der Waals surface area contributed by atoms with Crippen molar-refractivity contribution in [3.8, 4) is 67.5 Å². The standard InChI is InChI=1S/C40H27N5O/c1-44-34-21-19-28(23-35(34)45(2)40(44)46)24-14-16-27(17-15-24)38-41-37(26-8-4-3-5-9-26)42-39(43-38)29-18-20-30-31-12-6-10-25-11-7-13-32(36(25)31)33(30)22-29/h3-23H,1-2H3. The summed E-state index contributed by atoms with van der Waals surface area (Å²) in [5.41, 5.74) is 11.6. The van der Waals surface area contributed by atoms with Gasteiger partial charge in [0.1, 0.15) is 0 Å². The first-order valence-electron chi connectivity index (χ1n) is 15.3. The first-order valence-corrected chi connectivity index (χ1v) is 15.3. The average molecular weight is 594 g/mol. The van der Waals surface area contributed by atoms with Crippen LogP contribution in [0.15, 0.2) is 132 Å². The topological polar surface area (TPSA) is 65.6 Å². The van der Waals surface area contributed by atoms with E-state index < -0.39 is 0 Å². The zero-order chi connectivity index (χ0) is 30.9. The maximum Gasteiger partial charge on any atom is 0.328 e. The number of rotatable bonds is 4. The van der Waals surface area contributed by atoms with Gasteiger partial charge in [0.05, 0.1) is 11.0 Å². The van der Waals surface area contributed by atoms with E-state index in [9.17, 15) is 4.79 Å². The molecule has 8 aromatic rings. The van der Waals surface area contributed by atoms with Crippen LogP contribution in [0, 0.1) is 0 Å². The molecule has 2 aromatic heterocycles. The Bertz CT molecular complexity index is 2560. The number of benzene rings is 6. The smallest absolute Gasteiger partial charge is 0.295 e. The number of hydrogen-bond acceptors (Lipinski definition) is 4. The number of imidazole rings is 1. The molecule has 0 bridgehead atoms. The zero-order valence-electron chi connectivity index (χ0n) is 25.3. The van der Waals surface area contributed by atoms with Gasteiger partial charge in [0.15, 0.2) is 17.5 Å². The summed E-state index contributed by atoms with van der Waals surface area (Å²) in [7, 11) is 3.61. The van der Waals surface area contributed by atoms with Crippen LogP contribution in [0.5, 0.6) is 0 Å². The molecule has 0 aliphatic heterocycles. The molecule has 46 heavy (non-hydrogen) atoms. The second-order valence-corrected chi connectivity index (χ2v) is 11.8. The molecule has 6 heteroatoms. The highest BCUT2D eigenvalue weighted by Gasteiger charge is 2.22. The second kappa shape index (κ2) is 9.94. The van der Waals surface area contributed by atoms with Gasteiger partial charge in [-0.25, -0.2) is 19.7 Å². The van der Waals surface area contributed by atoms with Crippen molar-refractivity contribution in [3.05, 3.63) is 138 Å². The highest BCUT2D eigenvalue weighted by molar-refractivity contribution is 6.15. The fourth-order valence-electron chi connectivity index (χ4n) is 6.78. The predicted octanol–water partition coefficient (Wildman–Crippen LogP) is 8.53. The van der Waals surface area contributed by atoms with E-state index in [0.29, 0.717) is 17.5 Å². The van der Waals surface area contributed by atoms with Crippen LogP contribution < -0.4 is 5.69 Å². The van der Waals surface area contributed by atoms with Gasteiger partial charge in [0.2, 0.25) is 0 Å². The van der Waals surface area contributed by atoms with Crippen LogP contribution in [0.4, 0.5) is 0 Å². The lowest BCUT2D eigenvalue weighted by Gasteiger charge is -2.10. The first-order chi connectivity index (χ1) is 22.5. The summed E-state index contributed by atoms with van der Waals surface area (Å²) in [4.78, 5) is 27.4. The molecule has 1 aliphatic carbocycles. The van der Waals surface area contributed by atoms with E-state index in [0.717, 1.165) is 38.9 Å². The van der Waals surface area contributed by atoms with Gasteiger partial charge in [0, 0.05) is 30.8 Å². The van der Waals surface area contributed by atoms with E-state index in [2.05, 4.69) is 91.0 Å². The van der Waals surface area contributed by atoms with Crippen molar-refractivity contribution >= 4 is 21.8 Å². The fraction of sp³-hybridized carbons (Fsp3) is 0.0500. The molecule has 0 amide bonds. The maximum atomic E-state index is 12.5. The minimum absolute atomic E-state index is 0.0349. The minimum atomic E-state index is -0.0349. The monoisotopic (exact) mass is 593 g/mol. The van der Waals surface area contributed by atoms with E-state index in [-0.39, 0.29) is 5.69 Å². The van der Waals surface area contributed by atoms with E-state index in [1.165, 1.54) is 33.0 Å². The van der Waals surface area contributed by atoms with Crippen LogP contribution >= 0.6 is 0 Å². The number of aromatic nitrogens is 5. The molecule has 0 unspecified atom stereocenters. The van der Waals surface area contributed by atoms with Gasteiger partial charge >= 0.3 is 5.69 Å². The Kier molecular flexibility index (Phi) is 5.68. The van der Waals surface area contributed by atoms with Crippen molar-refractivity contribution in [3.63, 3.8) is 0 Å². The second-order valence-electron chi connectivity index (χ2n) is 11.8. The van der Waals surface area contributed by atoms with Crippen LogP contribution in [-0.4, -0.2) is 24.1 Å². The van der Waals surface area contributed by atoms with Crippen molar-refractivity contribution in [1.29, 1.82) is 0 Å². The Balaban J connectivity index is 1.15. The van der Waals surface area contributed by atoms with Gasteiger partial charge in [-0.15, -0.1) is 0 Å². The first kappa shape index (κ1) is 26.3. The summed E-state index contributed by atoms with van der Waals surface area (Å²) in [5.74, 6) is 1.88. The van der Waals surface area contributed by atoms with Gasteiger partial charge in [-0.1, -0.05) is 109 Å². The normalized spacial score (nSPS) is 11.8. The lowest BCUT2D eigenvalue weighted by atomic mass is 10.0. The molecular weight excluding hydrogens is 566 g/mol. The largest absolute Gasteiger partial charge is 0.328 e. The number of hydrogen-bond donors (Lipinski definition) is 0. The molecule has 0 atom stereocenters. The Labute approximate surface area is 264 Å². The molecule has 9 rings (SSSR count). The van der Waals surface area contributed by atoms with E-state index >= 15 is 0 Å². The highest BCUT2D eigenvalue weighted by atomic mass is 16.1. The molecule has 0 radical (unpaired) electrons. The Hall–Kier alpha value is -6.14. The quantitative estimate of drug-likeness (QED) is 0.205. The third-order valence-corrected chi connectivity index (χ3v) is 9.18. The van der Waals surface area contributed by atoms with Crippen LogP contribution in [-0.2, 0) is 14.1 Å². The third kappa shape index (κ3) is 3.97. The third-order valence-electron chi connectivity index (χ3n) is 9.18. The minimum Gasteiger partial charge on any atom is -0.295 e. The zero-order valence-corrected chi connectivity index (χ0v) is 25.3. The van der Waals surface area contributed by atoms with Crippen molar-refractivity contribution in [1.82, 2.24) is 24.1 Å². The lowest BCUT2D eigenvalue weighted by Crippen LogP contribution is -2.19. The molecule has 0 N–H and O–H groups in total. The Morgan fingerprint density at radius 3 is 1.72 bits per heavy atom. The molecule has 0 spiro atoms. The predicted molar refractivity (Wildman–Crippen MR) is 185 cm³/mol. The van der Waals surface area contributed by atoms with Gasteiger partial charge in [-0.2, -0.15) is 0 Å². The lowest BCUT2D eigenvalue weighted by molar-refractivity contribution is 0.795. The molecule has 0 saturated heterocycles. The van der Waals surface area contributed by atoms with Gasteiger partial charge in [-0.3, -0.25) is 9.13 Å². The van der Waals surface area contributed by atoms with Crippen LogP contribution in [0.2, 0.25) is 0 Å². The van der Waals surface area contributed by atoms with Crippen LogP contribution in [0.3, 0.4) is 0 Å². The Morgan fingerprint density at radius 1 is 0.435 bits per heavy atom. The number of aryl methyl sites for hydroxylation is 2. The fourth-order valence-corrected chi connectivity index (χ4v) is 6.78. The van der Waals surface area contributed by atoms with Crippen LogP contribution in [0.25, 0.3) is 89.4 Å².